The molecule has 6 nitrogen and oxygen atoms in total. The average molecular weight is 520 g/mol. The third kappa shape index (κ3) is 8.82. The smallest absolute Gasteiger partial charge is 0.266 e. The third-order valence-electron chi connectivity index (χ3n) is 5.87. The zero-order valence-corrected chi connectivity index (χ0v) is 20.1. The second-order valence-corrected chi connectivity index (χ2v) is 8.78. The van der Waals surface area contributed by atoms with Crippen LogP contribution in [0.2, 0.25) is 0 Å². The summed E-state index contributed by atoms with van der Waals surface area (Å²) in [6.07, 6.45) is -1.58. The van der Waals surface area contributed by atoms with Gasteiger partial charge in [0, 0.05) is 13.0 Å². The van der Waals surface area contributed by atoms with Gasteiger partial charge in [-0.25, -0.2) is 17.6 Å². The number of amidine groups is 1. The quantitative estimate of drug-likeness (QED) is 0.247. The van der Waals surface area contributed by atoms with E-state index < -0.39 is 43.5 Å². The highest BCUT2D eigenvalue weighted by molar-refractivity contribution is 6.05. The van der Waals surface area contributed by atoms with Crippen LogP contribution in [0.1, 0.15) is 36.0 Å². The van der Waals surface area contributed by atoms with E-state index in [0.717, 1.165) is 18.1 Å². The van der Waals surface area contributed by atoms with Gasteiger partial charge in [-0.05, 0) is 65.8 Å². The fourth-order valence-corrected chi connectivity index (χ4v) is 3.94. The number of hydrogen-bond donors (Lipinski definition) is 2. The Balaban J connectivity index is 1.83. The minimum absolute atomic E-state index is 0.0367. The molecule has 2 atom stereocenters. The van der Waals surface area contributed by atoms with E-state index in [1.807, 2.05) is 30.3 Å². The average Bonchev–Trinajstić information content (AvgIpc) is 3.30. The van der Waals surface area contributed by atoms with Gasteiger partial charge in [-0.3, -0.25) is 9.59 Å². The molecule has 0 bridgehead atoms. The summed E-state index contributed by atoms with van der Waals surface area (Å²) in [5.74, 6) is -2.11. The number of rotatable bonds is 12. The molecule has 10 heteroatoms. The van der Waals surface area contributed by atoms with Crippen molar-refractivity contribution in [1.29, 1.82) is 0 Å². The Hall–Kier alpha value is -3.53. The maximum Gasteiger partial charge on any atom is 0.266 e. The fourth-order valence-electron chi connectivity index (χ4n) is 3.94. The number of aliphatic imine (C=N–C) groups is 1. The van der Waals surface area contributed by atoms with Crippen molar-refractivity contribution in [3.05, 3.63) is 77.1 Å². The Morgan fingerprint density at radius 2 is 1.95 bits per heavy atom. The molecule has 0 aliphatic carbocycles. The van der Waals surface area contributed by atoms with E-state index in [1.54, 1.807) is 6.07 Å². The van der Waals surface area contributed by atoms with Crippen molar-refractivity contribution in [2.24, 2.45) is 16.6 Å². The number of alkyl halides is 3. The lowest BCUT2D eigenvalue weighted by molar-refractivity contribution is -0.124. The molecule has 3 N–H and O–H groups in total. The lowest BCUT2D eigenvalue weighted by Gasteiger charge is -2.15. The number of aryl methyl sites for hydroxylation is 1. The Morgan fingerprint density at radius 1 is 1.19 bits per heavy atom. The van der Waals surface area contributed by atoms with Crippen LogP contribution in [0, 0.1) is 11.7 Å². The molecule has 0 aromatic heterocycles. The van der Waals surface area contributed by atoms with Crippen molar-refractivity contribution in [3.63, 3.8) is 0 Å². The number of allylic oxidation sites excluding steroid dienone is 1. The van der Waals surface area contributed by atoms with Gasteiger partial charge in [0.2, 0.25) is 5.91 Å². The summed E-state index contributed by atoms with van der Waals surface area (Å²) < 4.78 is 57.8. The Morgan fingerprint density at radius 3 is 2.59 bits per heavy atom. The van der Waals surface area contributed by atoms with Crippen LogP contribution in [0.3, 0.4) is 0 Å². The van der Waals surface area contributed by atoms with Crippen molar-refractivity contribution in [3.8, 4) is 0 Å². The van der Waals surface area contributed by atoms with Crippen LogP contribution in [-0.4, -0.2) is 43.4 Å². The van der Waals surface area contributed by atoms with Crippen LogP contribution in [-0.2, 0) is 27.4 Å². The number of carbonyl (C=O) groups excluding carboxylic acids is 2. The monoisotopic (exact) mass is 519 g/mol. The minimum Gasteiger partial charge on any atom is -0.384 e. The number of nitrogens with one attached hydrogen (secondary N) is 1. The number of nitrogens with two attached hydrogens (primary N) is 1. The molecule has 1 aliphatic heterocycles. The van der Waals surface area contributed by atoms with Crippen molar-refractivity contribution in [2.45, 2.75) is 44.8 Å². The lowest BCUT2D eigenvalue weighted by atomic mass is 9.96. The molecule has 1 heterocycles. The van der Waals surface area contributed by atoms with E-state index in [4.69, 9.17) is 10.5 Å². The summed E-state index contributed by atoms with van der Waals surface area (Å²) in [6, 6.07) is 13.7. The summed E-state index contributed by atoms with van der Waals surface area (Å²) in [7, 11) is 0. The summed E-state index contributed by atoms with van der Waals surface area (Å²) in [4.78, 5) is 27.7. The van der Waals surface area contributed by atoms with E-state index in [0.29, 0.717) is 24.0 Å². The van der Waals surface area contributed by atoms with Crippen LogP contribution >= 0.6 is 0 Å². The van der Waals surface area contributed by atoms with Crippen LogP contribution < -0.4 is 11.1 Å². The van der Waals surface area contributed by atoms with Gasteiger partial charge in [0.05, 0.1) is 12.5 Å². The minimum atomic E-state index is -3.01. The summed E-state index contributed by atoms with van der Waals surface area (Å²) in [6.45, 7) is -1.59. The number of ether oxygens (including phenoxy) is 1. The number of benzene rings is 2. The van der Waals surface area contributed by atoms with Crippen LogP contribution in [0.5, 0.6) is 0 Å². The predicted octanol–water partition coefficient (Wildman–Crippen LogP) is 4.37. The van der Waals surface area contributed by atoms with E-state index >= 15 is 0 Å². The second kappa shape index (κ2) is 13.7. The van der Waals surface area contributed by atoms with E-state index in [1.165, 1.54) is 12.1 Å². The largest absolute Gasteiger partial charge is 0.384 e. The van der Waals surface area contributed by atoms with Gasteiger partial charge in [0.15, 0.2) is 0 Å². The van der Waals surface area contributed by atoms with Gasteiger partial charge in [-0.1, -0.05) is 30.3 Å². The standard InChI is InChI=1S/C27H29F4N3O3/c28-14-23(26(30)31)37-16-18-9-20(11-22(29)10-18)19(8-4-7-17-5-2-1-3-6-17)12-24(32)34-27(36)21-13-25(35)33-15-21/h1-3,5-6,9-12,21,23,26H,4,7-8,13-16H2,(H,33,35)(H2,32,34,36)/b19-12+/t21-,23?/m0/s1. The van der Waals surface area contributed by atoms with Crippen LogP contribution in [0.15, 0.2) is 59.6 Å². The number of hydrogen-bond acceptors (Lipinski definition) is 3. The Kier molecular flexibility index (Phi) is 10.4. The highest BCUT2D eigenvalue weighted by Gasteiger charge is 2.27. The molecular weight excluding hydrogens is 490 g/mol. The zero-order valence-electron chi connectivity index (χ0n) is 20.1. The number of carbonyl (C=O) groups is 2. The first kappa shape index (κ1) is 28.0. The fraction of sp³-hybridized carbons (Fsp3) is 0.370. The van der Waals surface area contributed by atoms with E-state index in [9.17, 15) is 27.2 Å². The third-order valence-corrected chi connectivity index (χ3v) is 5.87. The van der Waals surface area contributed by atoms with Crippen molar-refractivity contribution >= 4 is 23.2 Å². The SMILES string of the molecule is NC(/C=C(\CCCc1ccccc1)c1cc(F)cc(COC(CF)C(F)F)c1)=NC(=O)[C@@H]1CNC(=O)C1. The van der Waals surface area contributed by atoms with Gasteiger partial charge in [0.1, 0.15) is 24.4 Å². The topological polar surface area (TPSA) is 93.8 Å². The molecule has 2 aromatic carbocycles. The normalized spacial score (nSPS) is 17.2. The molecule has 37 heavy (non-hydrogen) atoms. The molecule has 1 fully saturated rings. The number of nitrogens with zero attached hydrogens (tertiary/aromatic N) is 1. The first-order valence-corrected chi connectivity index (χ1v) is 11.9. The molecule has 1 saturated heterocycles. The second-order valence-electron chi connectivity index (χ2n) is 8.78. The zero-order chi connectivity index (χ0) is 26.8. The van der Waals surface area contributed by atoms with Gasteiger partial charge in [-0.2, -0.15) is 4.99 Å². The molecule has 3 rings (SSSR count). The lowest BCUT2D eigenvalue weighted by Crippen LogP contribution is -2.24. The van der Waals surface area contributed by atoms with Crippen molar-refractivity contribution in [2.75, 3.05) is 13.2 Å². The van der Waals surface area contributed by atoms with Gasteiger partial charge in [0.25, 0.3) is 12.3 Å². The van der Waals surface area contributed by atoms with Crippen molar-refractivity contribution in [1.82, 2.24) is 5.32 Å². The number of halogens is 4. The van der Waals surface area contributed by atoms with E-state index in [-0.39, 0.29) is 30.3 Å². The molecule has 0 radical (unpaired) electrons. The highest BCUT2D eigenvalue weighted by atomic mass is 19.3. The molecule has 1 unspecified atom stereocenters. The maximum absolute atomic E-state index is 14.5. The first-order valence-electron chi connectivity index (χ1n) is 11.9. The summed E-state index contributed by atoms with van der Waals surface area (Å²) in [5.41, 5.74) is 8.35. The molecule has 2 amide bonds. The van der Waals surface area contributed by atoms with Gasteiger partial charge in [-0.15, -0.1) is 0 Å². The molecule has 2 aromatic rings. The maximum atomic E-state index is 14.5. The molecular formula is C27H29F4N3O3. The Labute approximate surface area is 212 Å². The Bertz CT molecular complexity index is 1140. The predicted molar refractivity (Wildman–Crippen MR) is 132 cm³/mol. The molecule has 198 valence electrons. The van der Waals surface area contributed by atoms with Crippen LogP contribution in [0.25, 0.3) is 5.57 Å². The molecule has 0 saturated carbocycles. The van der Waals surface area contributed by atoms with Crippen molar-refractivity contribution < 1.29 is 31.9 Å². The summed E-state index contributed by atoms with van der Waals surface area (Å²) >= 11 is 0. The highest BCUT2D eigenvalue weighted by Crippen LogP contribution is 2.25. The van der Waals surface area contributed by atoms with Gasteiger partial charge < -0.3 is 15.8 Å². The summed E-state index contributed by atoms with van der Waals surface area (Å²) in [5, 5.41) is 2.57. The molecule has 0 spiro atoms. The van der Waals surface area contributed by atoms with Crippen LogP contribution in [0.4, 0.5) is 17.6 Å². The molecule has 1 aliphatic rings. The number of amides is 2. The van der Waals surface area contributed by atoms with Gasteiger partial charge >= 0.3 is 0 Å². The van der Waals surface area contributed by atoms with E-state index in [2.05, 4.69) is 10.3 Å². The first-order chi connectivity index (χ1) is 17.7.